The van der Waals surface area contributed by atoms with Gasteiger partial charge in [-0.25, -0.2) is 0 Å². The highest BCUT2D eigenvalue weighted by Crippen LogP contribution is 2.29. The van der Waals surface area contributed by atoms with Crippen LogP contribution in [0.2, 0.25) is 5.02 Å². The van der Waals surface area contributed by atoms with E-state index in [1.807, 2.05) is 51.1 Å². The van der Waals surface area contributed by atoms with E-state index in [1.165, 1.54) is 0 Å². The molecular weight excluding hydrogens is 348 g/mol. The lowest BCUT2D eigenvalue weighted by molar-refractivity contribution is -0.138. The lowest BCUT2D eigenvalue weighted by Gasteiger charge is -2.24. The number of benzene rings is 2. The third-order valence-corrected chi connectivity index (χ3v) is 4.80. The normalized spacial score (nSPS) is 11.2. The number of amides is 2. The SMILES string of the molecule is Cc1cc(C)c(NC(=O)C(C)(C)C(=O)NCc2ccccc2C)c(Cl)c1. The molecule has 2 rings (SSSR count). The van der Waals surface area contributed by atoms with E-state index in [9.17, 15) is 9.59 Å². The van der Waals surface area contributed by atoms with E-state index in [-0.39, 0.29) is 5.91 Å². The number of aryl methyl sites for hydroxylation is 3. The third kappa shape index (κ3) is 4.44. The maximum atomic E-state index is 12.7. The first-order chi connectivity index (χ1) is 12.1. The maximum Gasteiger partial charge on any atom is 0.239 e. The number of rotatable bonds is 5. The van der Waals surface area contributed by atoms with E-state index in [1.54, 1.807) is 19.9 Å². The molecule has 0 saturated carbocycles. The molecular formula is C21H25ClN2O2. The summed E-state index contributed by atoms with van der Waals surface area (Å²) in [6, 6.07) is 11.5. The Labute approximate surface area is 159 Å². The molecule has 0 aliphatic rings. The lowest BCUT2D eigenvalue weighted by Crippen LogP contribution is -2.45. The molecule has 0 atom stereocenters. The molecule has 2 amide bonds. The molecule has 0 aliphatic heterocycles. The molecule has 0 aromatic heterocycles. The second kappa shape index (κ2) is 7.92. The van der Waals surface area contributed by atoms with E-state index in [2.05, 4.69) is 10.6 Å². The van der Waals surface area contributed by atoms with Crippen LogP contribution in [0.4, 0.5) is 5.69 Å². The second-order valence-electron chi connectivity index (χ2n) is 7.13. The minimum atomic E-state index is -1.23. The molecule has 0 fully saturated rings. The summed E-state index contributed by atoms with van der Waals surface area (Å²) in [5, 5.41) is 6.12. The van der Waals surface area contributed by atoms with E-state index in [4.69, 9.17) is 11.6 Å². The molecule has 2 aromatic carbocycles. The van der Waals surface area contributed by atoms with Gasteiger partial charge in [0.05, 0.1) is 10.7 Å². The summed E-state index contributed by atoms with van der Waals surface area (Å²) in [7, 11) is 0. The number of carbonyl (C=O) groups excluding carboxylic acids is 2. The lowest BCUT2D eigenvalue weighted by atomic mass is 9.90. The van der Waals surface area contributed by atoms with Crippen LogP contribution in [-0.2, 0) is 16.1 Å². The van der Waals surface area contributed by atoms with Gasteiger partial charge in [-0.15, -0.1) is 0 Å². The van der Waals surface area contributed by atoms with Crippen molar-refractivity contribution < 1.29 is 9.59 Å². The maximum absolute atomic E-state index is 12.7. The summed E-state index contributed by atoms with van der Waals surface area (Å²) in [5.41, 5.74) is 3.30. The molecule has 0 spiro atoms. The number of hydrogen-bond acceptors (Lipinski definition) is 2. The van der Waals surface area contributed by atoms with Gasteiger partial charge in [0.2, 0.25) is 11.8 Å². The first-order valence-corrected chi connectivity index (χ1v) is 8.91. The van der Waals surface area contributed by atoms with Crippen LogP contribution in [0.1, 0.15) is 36.1 Å². The van der Waals surface area contributed by atoms with Crippen LogP contribution >= 0.6 is 11.6 Å². The highest BCUT2D eigenvalue weighted by atomic mass is 35.5. The fourth-order valence-electron chi connectivity index (χ4n) is 2.65. The standard InChI is InChI=1S/C21H25ClN2O2/c1-13-10-15(3)18(17(22)11-13)24-20(26)21(4,5)19(25)23-12-16-9-7-6-8-14(16)2/h6-11H,12H2,1-5H3,(H,23,25)(H,24,26). The number of carbonyl (C=O) groups is 2. The van der Waals surface area contributed by atoms with Gasteiger partial charge in [0, 0.05) is 6.54 Å². The van der Waals surface area contributed by atoms with Gasteiger partial charge in [-0.1, -0.05) is 41.9 Å². The van der Waals surface area contributed by atoms with E-state index >= 15 is 0 Å². The van der Waals surface area contributed by atoms with Gasteiger partial charge in [-0.2, -0.15) is 0 Å². The zero-order chi connectivity index (χ0) is 19.5. The average molecular weight is 373 g/mol. The van der Waals surface area contributed by atoms with Crippen molar-refractivity contribution in [1.82, 2.24) is 5.32 Å². The number of nitrogens with one attached hydrogen (secondary N) is 2. The van der Waals surface area contributed by atoms with Crippen molar-refractivity contribution in [3.8, 4) is 0 Å². The molecule has 2 aromatic rings. The average Bonchev–Trinajstić information content (AvgIpc) is 2.56. The quantitative estimate of drug-likeness (QED) is 0.756. The molecule has 0 radical (unpaired) electrons. The largest absolute Gasteiger partial charge is 0.351 e. The minimum absolute atomic E-state index is 0.334. The number of anilines is 1. The highest BCUT2D eigenvalue weighted by Gasteiger charge is 2.36. The first kappa shape index (κ1) is 20.0. The van der Waals surface area contributed by atoms with Crippen LogP contribution in [0.5, 0.6) is 0 Å². The fourth-order valence-corrected chi connectivity index (χ4v) is 3.02. The zero-order valence-corrected chi connectivity index (χ0v) is 16.6. The molecule has 0 unspecified atom stereocenters. The van der Waals surface area contributed by atoms with Gasteiger partial charge in [-0.05, 0) is 62.9 Å². The fraction of sp³-hybridized carbons (Fsp3) is 0.333. The molecule has 2 N–H and O–H groups in total. The Morgan fingerprint density at radius 3 is 2.27 bits per heavy atom. The van der Waals surface area contributed by atoms with Crippen molar-refractivity contribution in [2.45, 2.75) is 41.2 Å². The Kier molecular flexibility index (Phi) is 6.09. The Balaban J connectivity index is 2.09. The van der Waals surface area contributed by atoms with Crippen molar-refractivity contribution in [2.75, 3.05) is 5.32 Å². The molecule has 0 aliphatic carbocycles. The zero-order valence-electron chi connectivity index (χ0n) is 15.9. The van der Waals surface area contributed by atoms with Crippen LogP contribution < -0.4 is 10.6 Å². The predicted molar refractivity (Wildman–Crippen MR) is 106 cm³/mol. The Morgan fingerprint density at radius 1 is 1.00 bits per heavy atom. The molecule has 138 valence electrons. The minimum Gasteiger partial charge on any atom is -0.351 e. The van der Waals surface area contributed by atoms with Crippen LogP contribution in [-0.4, -0.2) is 11.8 Å². The van der Waals surface area contributed by atoms with Gasteiger partial charge < -0.3 is 10.6 Å². The van der Waals surface area contributed by atoms with Gasteiger partial charge in [0.1, 0.15) is 5.41 Å². The van der Waals surface area contributed by atoms with E-state index < -0.39 is 11.3 Å². The summed E-state index contributed by atoms with van der Waals surface area (Å²) in [6.45, 7) is 9.39. The van der Waals surface area contributed by atoms with E-state index in [0.29, 0.717) is 17.3 Å². The van der Waals surface area contributed by atoms with Crippen molar-refractivity contribution in [3.63, 3.8) is 0 Å². The summed E-state index contributed by atoms with van der Waals surface area (Å²) < 4.78 is 0. The van der Waals surface area contributed by atoms with Crippen molar-refractivity contribution in [1.29, 1.82) is 0 Å². The van der Waals surface area contributed by atoms with E-state index in [0.717, 1.165) is 22.3 Å². The number of hydrogen-bond donors (Lipinski definition) is 2. The Bertz CT molecular complexity index is 821. The van der Waals surface area contributed by atoms with Gasteiger partial charge in [0.25, 0.3) is 0 Å². The van der Waals surface area contributed by atoms with Crippen molar-refractivity contribution in [3.05, 3.63) is 63.7 Å². The Hall–Kier alpha value is -2.33. The summed E-state index contributed by atoms with van der Waals surface area (Å²) in [5.74, 6) is -0.729. The monoisotopic (exact) mass is 372 g/mol. The molecule has 0 bridgehead atoms. The summed E-state index contributed by atoms with van der Waals surface area (Å²) in [4.78, 5) is 25.3. The first-order valence-electron chi connectivity index (χ1n) is 8.54. The highest BCUT2D eigenvalue weighted by molar-refractivity contribution is 6.34. The molecule has 0 heterocycles. The summed E-state index contributed by atoms with van der Waals surface area (Å²) in [6.07, 6.45) is 0. The van der Waals surface area contributed by atoms with Crippen LogP contribution in [0, 0.1) is 26.2 Å². The second-order valence-corrected chi connectivity index (χ2v) is 7.53. The van der Waals surface area contributed by atoms with Crippen LogP contribution in [0.3, 0.4) is 0 Å². The predicted octanol–water partition coefficient (Wildman–Crippen LogP) is 4.55. The topological polar surface area (TPSA) is 58.2 Å². The molecule has 0 saturated heterocycles. The van der Waals surface area contributed by atoms with Crippen molar-refractivity contribution >= 4 is 29.1 Å². The van der Waals surface area contributed by atoms with Crippen molar-refractivity contribution in [2.24, 2.45) is 5.41 Å². The molecule has 4 nitrogen and oxygen atoms in total. The molecule has 5 heteroatoms. The van der Waals surface area contributed by atoms with Crippen LogP contribution in [0.25, 0.3) is 0 Å². The molecule has 26 heavy (non-hydrogen) atoms. The van der Waals surface area contributed by atoms with Gasteiger partial charge in [0.15, 0.2) is 0 Å². The number of halogens is 1. The summed E-state index contributed by atoms with van der Waals surface area (Å²) >= 11 is 6.25. The Morgan fingerprint density at radius 2 is 1.65 bits per heavy atom. The third-order valence-electron chi connectivity index (χ3n) is 4.51. The van der Waals surface area contributed by atoms with Gasteiger partial charge >= 0.3 is 0 Å². The smallest absolute Gasteiger partial charge is 0.239 e. The van der Waals surface area contributed by atoms with Gasteiger partial charge in [-0.3, -0.25) is 9.59 Å². The van der Waals surface area contributed by atoms with Crippen LogP contribution in [0.15, 0.2) is 36.4 Å².